The first-order valence-electron chi connectivity index (χ1n) is 13.9. The van der Waals surface area contributed by atoms with Crippen molar-refractivity contribution in [2.45, 2.75) is 58.2 Å². The first-order chi connectivity index (χ1) is 21.4. The van der Waals surface area contributed by atoms with Crippen molar-refractivity contribution in [1.82, 2.24) is 10.6 Å². The molecule has 3 aromatic rings. The predicted octanol–water partition coefficient (Wildman–Crippen LogP) is 7.68. The van der Waals surface area contributed by atoms with Gasteiger partial charge in [0.25, 0.3) is 11.8 Å². The quantitative estimate of drug-likeness (QED) is 0.158. The van der Waals surface area contributed by atoms with Gasteiger partial charge < -0.3 is 24.8 Å². The van der Waals surface area contributed by atoms with Crippen molar-refractivity contribution in [3.05, 3.63) is 88.5 Å². The molecule has 0 fully saturated rings. The number of methoxy groups -OCH3 is 3. The van der Waals surface area contributed by atoms with Crippen LogP contribution in [0.4, 0.5) is 0 Å². The van der Waals surface area contributed by atoms with Crippen LogP contribution in [-0.2, 0) is 32.6 Å². The summed E-state index contributed by atoms with van der Waals surface area (Å²) >= 11 is -1.33. The van der Waals surface area contributed by atoms with E-state index >= 15 is 0 Å². The van der Waals surface area contributed by atoms with Crippen LogP contribution < -0.4 is 24.8 Å². The van der Waals surface area contributed by atoms with Gasteiger partial charge in [-0.2, -0.15) is 4.99 Å². The van der Waals surface area contributed by atoms with Crippen molar-refractivity contribution >= 4 is 48.2 Å². The Morgan fingerprint density at radius 2 is 1.30 bits per heavy atom. The molecule has 0 saturated heterocycles. The summed E-state index contributed by atoms with van der Waals surface area (Å²) in [6.07, 6.45) is 1.58. The molecule has 0 spiro atoms. The minimum atomic E-state index is -1.33. The van der Waals surface area contributed by atoms with Gasteiger partial charge in [0.1, 0.15) is 17.2 Å². The van der Waals surface area contributed by atoms with Crippen molar-refractivity contribution in [1.29, 1.82) is 0 Å². The second-order valence-corrected chi connectivity index (χ2v) is 17.1. The third kappa shape index (κ3) is 10.1. The molecule has 2 aliphatic rings. The van der Waals surface area contributed by atoms with Crippen LogP contribution in [0, 0.1) is 0 Å². The van der Waals surface area contributed by atoms with Crippen molar-refractivity contribution in [3.8, 4) is 17.2 Å². The van der Waals surface area contributed by atoms with Gasteiger partial charge in [0.05, 0.1) is 43.5 Å². The van der Waals surface area contributed by atoms with E-state index in [1.165, 1.54) is 0 Å². The number of hydrogen-bond acceptors (Lipinski definition) is 7. The second kappa shape index (κ2) is 16.5. The molecule has 3 aromatic carbocycles. The number of hydrogen-bond donors (Lipinski definition) is 2. The van der Waals surface area contributed by atoms with Gasteiger partial charge in [-0.3, -0.25) is 9.59 Å². The number of amides is 2. The van der Waals surface area contributed by atoms with Gasteiger partial charge in [-0.1, -0.05) is 24.3 Å². The van der Waals surface area contributed by atoms with E-state index in [0.717, 1.165) is 33.8 Å². The molecule has 0 aliphatic carbocycles. The van der Waals surface area contributed by atoms with Crippen LogP contribution in [0.1, 0.15) is 78.9 Å². The van der Waals surface area contributed by atoms with Gasteiger partial charge >= 0.3 is 41.5 Å². The van der Waals surface area contributed by atoms with Gasteiger partial charge in [0.15, 0.2) is 0 Å². The summed E-state index contributed by atoms with van der Waals surface area (Å²) in [7, 11) is 19.5. The number of fused-ring (bicyclic) bond motifs is 2. The molecule has 2 amide bonds. The Morgan fingerprint density at radius 1 is 0.761 bits per heavy atom. The summed E-state index contributed by atoms with van der Waals surface area (Å²) in [4.78, 5) is 37.2. The van der Waals surface area contributed by atoms with Crippen molar-refractivity contribution in [3.63, 3.8) is 0 Å². The van der Waals surface area contributed by atoms with Crippen LogP contribution in [0.5, 0.6) is 17.2 Å². The Morgan fingerprint density at radius 3 is 1.87 bits per heavy atom. The minimum absolute atomic E-state index is 0.00680. The number of benzene rings is 3. The normalized spacial score (nSPS) is 14.8. The zero-order valence-electron chi connectivity index (χ0n) is 27.2. The summed E-state index contributed by atoms with van der Waals surface area (Å²) in [5, 5.41) is 5.83. The van der Waals surface area contributed by atoms with Crippen LogP contribution in [0.25, 0.3) is 0 Å². The predicted molar refractivity (Wildman–Crippen MR) is 179 cm³/mol. The average Bonchev–Trinajstić information content (AvgIpc) is 3.38. The monoisotopic (exact) mass is 734 g/mol. The fraction of sp³-hybridized carbons (Fsp3) is 0.364. The van der Waals surface area contributed by atoms with Gasteiger partial charge in [-0.25, -0.2) is 4.79 Å². The molecule has 9 nitrogen and oxygen atoms in total. The Balaban J connectivity index is 0.000000227. The molecule has 0 radical (unpaired) electrons. The summed E-state index contributed by atoms with van der Waals surface area (Å²) in [6.45, 7) is 11.6. The van der Waals surface area contributed by atoms with Crippen molar-refractivity contribution in [2.75, 3.05) is 21.3 Å². The van der Waals surface area contributed by atoms with Gasteiger partial charge in [-0.15, -0.1) is 0 Å². The summed E-state index contributed by atoms with van der Waals surface area (Å²) in [5.41, 5.74) is 3.22. The Kier molecular flexibility index (Phi) is 14.0. The molecule has 2 N–H and O–H groups in total. The molecule has 0 unspecified atom stereocenters. The third-order valence-electron chi connectivity index (χ3n) is 7.24. The van der Waals surface area contributed by atoms with E-state index in [4.69, 9.17) is 44.5 Å². The van der Waals surface area contributed by atoms with Crippen LogP contribution in [0.15, 0.2) is 65.7 Å². The summed E-state index contributed by atoms with van der Waals surface area (Å²) < 4.78 is 15.4. The molecule has 0 saturated carbocycles. The molecular weight excluding hydrogens is 697 g/mol. The van der Waals surface area contributed by atoms with E-state index in [2.05, 4.69) is 15.6 Å². The zero-order chi connectivity index (χ0) is 34.9. The molecule has 46 heavy (non-hydrogen) atoms. The van der Waals surface area contributed by atoms with E-state index in [0.29, 0.717) is 11.3 Å². The molecule has 0 atom stereocenters. The van der Waals surface area contributed by atoms with E-state index in [-0.39, 0.29) is 22.9 Å². The molecular formula is C33H39Cl3FeN3O6. The van der Waals surface area contributed by atoms with Gasteiger partial charge in [-0.05, 0) is 94.6 Å². The first-order valence-corrected chi connectivity index (χ1v) is 18.4. The van der Waals surface area contributed by atoms with E-state index in [9.17, 15) is 14.4 Å². The number of isocyanates is 1. The number of ether oxygens (including phenoxy) is 3. The number of carbonyl (C=O) groups is 2. The van der Waals surface area contributed by atoms with Gasteiger partial charge in [0, 0.05) is 5.56 Å². The topological polar surface area (TPSA) is 115 Å². The Hall–Kier alpha value is -3.23. The number of nitrogens with one attached hydrogen (secondary N) is 2. The third-order valence-corrected chi connectivity index (χ3v) is 7.24. The fourth-order valence-electron chi connectivity index (χ4n) is 4.84. The average molecular weight is 736 g/mol. The maximum atomic E-state index is 11.7. The SMILES string of the molecule is COc1ccc2c(c1)C(C)(C)NC2=O.COc1cccc(C(C)(C)N=C=O)c1.COc1cccc2c1C(=O)NC2(C)C.[Cl][Fe]([Cl])[Cl]. The number of nitrogens with zero attached hydrogens (tertiary/aromatic N) is 1. The standard InChI is InChI=1S/3C11H13NO2.3ClH.Fe/c1-11(2)9-6-7(14-3)4-5-8(9)10(13)12-11;1-11(2)7-5-4-6-8(14-3)9(7)10(13)12-11;1-11(2,12-8-13)9-5-4-6-10(7-9)14-3;;;;/h2*4-6H,1-3H3,(H,12,13);4-7H,1-3H3;3*1H;/q;;;;;;+3/p-3. The van der Waals surface area contributed by atoms with Crippen LogP contribution in [0.3, 0.4) is 0 Å². The second-order valence-electron chi connectivity index (χ2n) is 11.6. The van der Waals surface area contributed by atoms with E-state index in [1.54, 1.807) is 45.6 Å². The van der Waals surface area contributed by atoms with Crippen LogP contribution in [-0.4, -0.2) is 39.2 Å². The summed E-state index contributed by atoms with van der Waals surface area (Å²) in [6, 6.07) is 18.7. The summed E-state index contributed by atoms with van der Waals surface area (Å²) in [5.74, 6) is 2.13. The Bertz CT molecular complexity index is 1580. The molecule has 0 bridgehead atoms. The van der Waals surface area contributed by atoms with Crippen molar-refractivity contribution < 1.29 is 39.8 Å². The zero-order valence-corrected chi connectivity index (χ0v) is 30.5. The molecule has 2 aliphatic heterocycles. The maximum absolute atomic E-state index is 11.7. The van der Waals surface area contributed by atoms with Crippen LogP contribution >= 0.6 is 30.3 Å². The fourth-order valence-corrected chi connectivity index (χ4v) is 4.84. The molecule has 2 heterocycles. The number of halogens is 3. The van der Waals surface area contributed by atoms with Crippen molar-refractivity contribution in [2.24, 2.45) is 4.99 Å². The number of rotatable bonds is 5. The number of aliphatic imine (C=N–C) groups is 1. The molecule has 13 heteroatoms. The van der Waals surface area contributed by atoms with Gasteiger partial charge in [0.2, 0.25) is 6.08 Å². The molecule has 5 rings (SSSR count). The first kappa shape index (κ1) is 39.0. The van der Waals surface area contributed by atoms with E-state index in [1.807, 2.05) is 84.0 Å². The van der Waals surface area contributed by atoms with E-state index < -0.39 is 16.7 Å². The molecule has 251 valence electrons. The Labute approximate surface area is 287 Å². The van der Waals surface area contributed by atoms with Crippen LogP contribution in [0.2, 0.25) is 0 Å². The number of carbonyl (C=O) groups excluding carboxylic acids is 3. The molecule has 0 aromatic heterocycles.